The molecule has 3 aliphatic rings. The van der Waals surface area contributed by atoms with Gasteiger partial charge in [-0.2, -0.15) is 0 Å². The molecule has 3 aliphatic carbocycles. The highest BCUT2D eigenvalue weighted by molar-refractivity contribution is 6.66. The fourth-order valence-corrected chi connectivity index (χ4v) is 7.46. The minimum absolute atomic E-state index is 0.184. The highest BCUT2D eigenvalue weighted by atomic mass is 35.5. The van der Waals surface area contributed by atoms with Crippen LogP contribution in [0.2, 0.25) is 0 Å². The van der Waals surface area contributed by atoms with Gasteiger partial charge in [-0.3, -0.25) is 0 Å². The van der Waals surface area contributed by atoms with E-state index in [9.17, 15) is 0 Å². The minimum Gasteiger partial charge on any atom is -0.121 e. The van der Waals surface area contributed by atoms with Gasteiger partial charge < -0.3 is 0 Å². The molecule has 2 saturated carbocycles. The van der Waals surface area contributed by atoms with Crippen molar-refractivity contribution in [2.45, 2.75) is 31.3 Å². The van der Waals surface area contributed by atoms with Gasteiger partial charge in [-0.15, -0.1) is 46.4 Å². The zero-order chi connectivity index (χ0) is 13.7. The monoisotopic (exact) mass is 406 g/mol. The third-order valence-electron chi connectivity index (χ3n) is 4.32. The molecule has 8 heteroatoms. The third kappa shape index (κ3) is 1.28. The second-order valence-corrected chi connectivity index (χ2v) is 9.29. The number of hydrogen-bond acceptors (Lipinski definition) is 0. The van der Waals surface area contributed by atoms with Gasteiger partial charge in [0, 0.05) is 5.92 Å². The van der Waals surface area contributed by atoms with Gasteiger partial charge >= 0.3 is 0 Å². The van der Waals surface area contributed by atoms with Gasteiger partial charge in [0.2, 0.25) is 0 Å². The maximum Gasteiger partial charge on any atom is 0.166 e. The Morgan fingerprint density at radius 1 is 0.889 bits per heavy atom. The van der Waals surface area contributed by atoms with Crippen molar-refractivity contribution in [2.24, 2.45) is 11.8 Å². The number of fused-ring (bicyclic) bond motifs is 5. The van der Waals surface area contributed by atoms with E-state index in [2.05, 4.69) is 0 Å². The van der Waals surface area contributed by atoms with Gasteiger partial charge in [0.05, 0.1) is 20.8 Å². The summed E-state index contributed by atoms with van der Waals surface area (Å²) in [6.07, 6.45) is 0.555. The predicted molar refractivity (Wildman–Crippen MR) is 81.2 cm³/mol. The van der Waals surface area contributed by atoms with Crippen molar-refractivity contribution in [3.05, 3.63) is 10.1 Å². The molecule has 3 rings (SSSR count). The summed E-state index contributed by atoms with van der Waals surface area (Å²) in [4.78, 5) is -2.50. The van der Waals surface area contributed by atoms with Crippen LogP contribution in [-0.2, 0) is 0 Å². The molecule has 0 N–H and O–H groups in total. The highest BCUT2D eigenvalue weighted by Gasteiger charge is 2.84. The van der Waals surface area contributed by atoms with Crippen LogP contribution in [0.25, 0.3) is 0 Å². The Labute approximate surface area is 145 Å². The van der Waals surface area contributed by atoms with E-state index in [1.54, 1.807) is 0 Å². The molecule has 0 saturated heterocycles. The van der Waals surface area contributed by atoms with E-state index in [1.807, 2.05) is 0 Å². The van der Waals surface area contributed by atoms with Crippen LogP contribution < -0.4 is 0 Å². The van der Waals surface area contributed by atoms with Gasteiger partial charge in [0.25, 0.3) is 0 Å². The topological polar surface area (TPSA) is 0 Å². The summed E-state index contributed by atoms with van der Waals surface area (Å²) < 4.78 is -1.50. The van der Waals surface area contributed by atoms with Crippen molar-refractivity contribution in [3.8, 4) is 0 Å². The summed E-state index contributed by atoms with van der Waals surface area (Å²) in [6.45, 7) is 0. The lowest BCUT2D eigenvalue weighted by molar-refractivity contribution is 0.385. The van der Waals surface area contributed by atoms with Gasteiger partial charge in [-0.1, -0.05) is 46.4 Å². The molecule has 18 heavy (non-hydrogen) atoms. The van der Waals surface area contributed by atoms with E-state index in [0.717, 1.165) is 0 Å². The predicted octanol–water partition coefficient (Wildman–Crippen LogP) is 5.68. The number of rotatable bonds is 0. The normalized spacial score (nSPS) is 57.3. The molecule has 0 amide bonds. The van der Waals surface area contributed by atoms with Crippen LogP contribution in [-0.4, -0.2) is 24.8 Å². The summed E-state index contributed by atoms with van der Waals surface area (Å²) in [5, 5.41) is -0.259. The van der Waals surface area contributed by atoms with Crippen molar-refractivity contribution >= 4 is 92.8 Å². The van der Waals surface area contributed by atoms with Crippen LogP contribution in [0.3, 0.4) is 0 Å². The molecule has 0 nitrogen and oxygen atoms in total. The van der Waals surface area contributed by atoms with Crippen LogP contribution in [0.15, 0.2) is 10.1 Å². The number of hydrogen-bond donors (Lipinski definition) is 0. The lowest BCUT2D eigenvalue weighted by Gasteiger charge is -2.35. The smallest absolute Gasteiger partial charge is 0.121 e. The first-order valence-electron chi connectivity index (χ1n) is 5.21. The molecule has 0 heterocycles. The molecule has 2 bridgehead atoms. The van der Waals surface area contributed by atoms with Gasteiger partial charge in [0.15, 0.2) is 4.33 Å². The van der Waals surface area contributed by atoms with Crippen molar-refractivity contribution in [1.29, 1.82) is 0 Å². The molecular weight excluding hydrogens is 404 g/mol. The molecule has 0 radical (unpaired) electrons. The molecule has 0 aliphatic heterocycles. The number of alkyl halides is 6. The first-order valence-corrected chi connectivity index (χ1v) is 8.35. The zero-order valence-electron chi connectivity index (χ0n) is 8.54. The molecule has 6 atom stereocenters. The summed E-state index contributed by atoms with van der Waals surface area (Å²) in [5.74, 6) is -0.488. The zero-order valence-corrected chi connectivity index (χ0v) is 14.6. The SMILES string of the molecule is ClC1=C(Cl)[C@]2(Cl)C3C[C@@H](Cl)[C@@H](Cl)C3[C@@]1(Cl)C2(Cl)Cl. The van der Waals surface area contributed by atoms with Crippen LogP contribution >= 0.6 is 92.8 Å². The standard InChI is InChI=1S/C10H6Cl8/c11-3-1-2-4(5(3)12)9(16)7(14)6(13)8(2,15)10(9,17)18/h2-5H,1H2/t2?,3-,4?,5-,8-,9+/m1/s1. The molecule has 0 aromatic heterocycles. The van der Waals surface area contributed by atoms with Crippen molar-refractivity contribution in [2.75, 3.05) is 0 Å². The minimum atomic E-state index is -1.50. The molecular formula is C10H6Cl8. The van der Waals surface area contributed by atoms with Crippen molar-refractivity contribution in [3.63, 3.8) is 0 Å². The van der Waals surface area contributed by atoms with Gasteiger partial charge in [-0.25, -0.2) is 0 Å². The fourth-order valence-electron chi connectivity index (χ4n) is 3.48. The van der Waals surface area contributed by atoms with Crippen molar-refractivity contribution < 1.29 is 0 Å². The Bertz CT molecular complexity index is 459. The molecule has 0 aromatic carbocycles. The maximum atomic E-state index is 6.62. The first kappa shape index (κ1) is 15.0. The molecule has 0 aromatic rings. The van der Waals surface area contributed by atoms with Crippen LogP contribution in [0.1, 0.15) is 6.42 Å². The van der Waals surface area contributed by atoms with Gasteiger partial charge in [0.1, 0.15) is 9.75 Å². The Kier molecular flexibility index (Phi) is 3.39. The Morgan fingerprint density at radius 2 is 1.39 bits per heavy atom. The fraction of sp³-hybridized carbons (Fsp3) is 0.800. The lowest BCUT2D eigenvalue weighted by Crippen LogP contribution is -2.47. The summed E-state index contributed by atoms with van der Waals surface area (Å²) in [5.41, 5.74) is 0. The van der Waals surface area contributed by atoms with Gasteiger partial charge in [-0.05, 0) is 12.3 Å². The third-order valence-corrected chi connectivity index (χ3v) is 9.79. The highest BCUT2D eigenvalue weighted by Crippen LogP contribution is 2.79. The Balaban J connectivity index is 2.26. The average molecular weight is 410 g/mol. The van der Waals surface area contributed by atoms with E-state index in [4.69, 9.17) is 92.8 Å². The Morgan fingerprint density at radius 3 is 1.94 bits per heavy atom. The molecule has 2 fully saturated rings. The summed E-state index contributed by atoms with van der Waals surface area (Å²) in [6, 6.07) is 0. The maximum absolute atomic E-state index is 6.62. The largest absolute Gasteiger partial charge is 0.166 e. The average Bonchev–Trinajstić information content (AvgIpc) is 2.69. The van der Waals surface area contributed by atoms with Crippen LogP contribution in [0, 0.1) is 11.8 Å². The van der Waals surface area contributed by atoms with Crippen LogP contribution in [0.5, 0.6) is 0 Å². The Hall–Kier alpha value is 2.06. The van der Waals surface area contributed by atoms with Crippen LogP contribution in [0.4, 0.5) is 0 Å². The number of halogens is 8. The lowest BCUT2D eigenvalue weighted by atomic mass is 9.84. The quantitative estimate of drug-likeness (QED) is 0.451. The summed E-state index contributed by atoms with van der Waals surface area (Å²) >= 11 is 51.0. The van der Waals surface area contributed by atoms with Crippen molar-refractivity contribution in [1.82, 2.24) is 0 Å². The van der Waals surface area contributed by atoms with E-state index >= 15 is 0 Å². The van der Waals surface area contributed by atoms with E-state index in [0.29, 0.717) is 6.42 Å². The molecule has 0 spiro atoms. The second kappa shape index (κ2) is 4.07. The first-order chi connectivity index (χ1) is 8.11. The van der Waals surface area contributed by atoms with E-state index < -0.39 is 19.5 Å². The van der Waals surface area contributed by atoms with E-state index in [1.165, 1.54) is 0 Å². The summed E-state index contributed by atoms with van der Waals surface area (Å²) in [7, 11) is 0. The van der Waals surface area contributed by atoms with E-state index in [-0.39, 0.29) is 27.3 Å². The molecule has 2 unspecified atom stereocenters. The number of allylic oxidation sites excluding steroid dienone is 2. The second-order valence-electron chi connectivity index (χ2n) is 4.95. The molecule has 102 valence electrons.